The fourth-order valence-electron chi connectivity index (χ4n) is 2.35. The molecule has 3 rings (SSSR count). The first-order chi connectivity index (χ1) is 9.39. The number of nitrogens with one attached hydrogen (secondary N) is 1. The topological polar surface area (TPSA) is 70.9 Å². The third-order valence-electron chi connectivity index (χ3n) is 3.64. The highest BCUT2D eigenvalue weighted by Crippen LogP contribution is 2.41. The third kappa shape index (κ3) is 1.76. The van der Waals surface area contributed by atoms with Gasteiger partial charge in [-0.15, -0.1) is 5.11 Å². The standard InChI is InChI=1S/C14H12FN3O2/c1-14(2)8-5-7(10-3-4-11(19)18-17-10)6-9(15)12(8)16-13(14)20/h3-6,10H,1-2H3,(H,16,20). The molecular weight excluding hydrogens is 261 g/mol. The van der Waals surface area contributed by atoms with Crippen LogP contribution >= 0.6 is 0 Å². The monoisotopic (exact) mass is 273 g/mol. The second kappa shape index (κ2) is 4.06. The van der Waals surface area contributed by atoms with E-state index in [9.17, 15) is 14.0 Å². The average molecular weight is 273 g/mol. The predicted molar refractivity (Wildman–Crippen MR) is 69.8 cm³/mol. The van der Waals surface area contributed by atoms with Crippen molar-refractivity contribution in [3.8, 4) is 0 Å². The van der Waals surface area contributed by atoms with E-state index < -0.39 is 23.2 Å². The van der Waals surface area contributed by atoms with E-state index in [4.69, 9.17) is 0 Å². The lowest BCUT2D eigenvalue weighted by molar-refractivity contribution is -0.119. The van der Waals surface area contributed by atoms with Crippen LogP contribution in [0.4, 0.5) is 10.1 Å². The summed E-state index contributed by atoms with van der Waals surface area (Å²) >= 11 is 0. The van der Waals surface area contributed by atoms with E-state index in [1.807, 2.05) is 0 Å². The highest BCUT2D eigenvalue weighted by molar-refractivity contribution is 6.05. The van der Waals surface area contributed by atoms with Crippen molar-refractivity contribution >= 4 is 17.5 Å². The molecule has 5 nitrogen and oxygen atoms in total. The molecule has 6 heteroatoms. The minimum absolute atomic E-state index is 0.219. The number of halogens is 1. The molecule has 0 fully saturated rings. The van der Waals surface area contributed by atoms with Crippen LogP contribution in [0.2, 0.25) is 0 Å². The summed E-state index contributed by atoms with van der Waals surface area (Å²) in [5.41, 5.74) is 0.588. The Hall–Kier alpha value is -2.37. The second-order valence-electron chi connectivity index (χ2n) is 5.36. The van der Waals surface area contributed by atoms with Crippen molar-refractivity contribution < 1.29 is 14.0 Å². The molecule has 0 saturated carbocycles. The molecule has 0 saturated heterocycles. The number of benzene rings is 1. The number of azo groups is 1. The number of carbonyl (C=O) groups is 2. The maximum absolute atomic E-state index is 14.1. The van der Waals surface area contributed by atoms with Crippen molar-refractivity contribution in [2.75, 3.05) is 5.32 Å². The van der Waals surface area contributed by atoms with E-state index in [1.165, 1.54) is 12.1 Å². The Labute approximate surface area is 114 Å². The van der Waals surface area contributed by atoms with Gasteiger partial charge < -0.3 is 5.32 Å². The number of carbonyl (C=O) groups excluding carboxylic acids is 2. The Balaban J connectivity index is 2.09. The van der Waals surface area contributed by atoms with Crippen molar-refractivity contribution in [1.29, 1.82) is 0 Å². The van der Waals surface area contributed by atoms with Gasteiger partial charge in [0, 0.05) is 6.08 Å². The van der Waals surface area contributed by atoms with Gasteiger partial charge in [-0.05, 0) is 43.2 Å². The first kappa shape index (κ1) is 12.7. The van der Waals surface area contributed by atoms with E-state index in [0.717, 1.165) is 0 Å². The summed E-state index contributed by atoms with van der Waals surface area (Å²) in [6, 6.07) is 2.55. The van der Waals surface area contributed by atoms with Crippen LogP contribution in [0.5, 0.6) is 0 Å². The molecular formula is C14H12FN3O2. The van der Waals surface area contributed by atoms with Gasteiger partial charge in [-0.2, -0.15) is 5.11 Å². The number of amides is 2. The lowest BCUT2D eigenvalue weighted by Crippen LogP contribution is -2.26. The molecule has 2 heterocycles. The maximum atomic E-state index is 14.1. The van der Waals surface area contributed by atoms with Crippen molar-refractivity contribution in [1.82, 2.24) is 0 Å². The van der Waals surface area contributed by atoms with Crippen LogP contribution in [0.3, 0.4) is 0 Å². The van der Waals surface area contributed by atoms with Gasteiger partial charge in [0.1, 0.15) is 11.9 Å². The smallest absolute Gasteiger partial charge is 0.287 e. The molecule has 1 N–H and O–H groups in total. The van der Waals surface area contributed by atoms with E-state index in [-0.39, 0.29) is 11.6 Å². The molecule has 2 amide bonds. The first-order valence-corrected chi connectivity index (χ1v) is 6.18. The lowest BCUT2D eigenvalue weighted by atomic mass is 9.84. The zero-order valence-electron chi connectivity index (χ0n) is 11.0. The molecule has 1 atom stereocenters. The Kier molecular flexibility index (Phi) is 2.57. The number of nitrogens with zero attached hydrogens (tertiary/aromatic N) is 2. The number of fused-ring (bicyclic) bond motifs is 1. The zero-order chi connectivity index (χ0) is 14.5. The Morgan fingerprint density at radius 2 is 2.05 bits per heavy atom. The quantitative estimate of drug-likeness (QED) is 0.854. The summed E-state index contributed by atoms with van der Waals surface area (Å²) in [5, 5.41) is 9.84. The van der Waals surface area contributed by atoms with Gasteiger partial charge in [-0.3, -0.25) is 9.59 Å². The van der Waals surface area contributed by atoms with Gasteiger partial charge in [0.2, 0.25) is 5.91 Å². The van der Waals surface area contributed by atoms with E-state index >= 15 is 0 Å². The van der Waals surface area contributed by atoms with Crippen LogP contribution in [0.25, 0.3) is 0 Å². The maximum Gasteiger partial charge on any atom is 0.287 e. The van der Waals surface area contributed by atoms with Crippen molar-refractivity contribution in [2.45, 2.75) is 25.3 Å². The first-order valence-electron chi connectivity index (χ1n) is 6.18. The van der Waals surface area contributed by atoms with Crippen LogP contribution in [0.15, 0.2) is 34.5 Å². The molecule has 0 aromatic heterocycles. The molecule has 1 aromatic rings. The lowest BCUT2D eigenvalue weighted by Gasteiger charge is -2.17. The molecule has 20 heavy (non-hydrogen) atoms. The molecule has 2 aliphatic heterocycles. The fraction of sp³-hybridized carbons (Fsp3) is 0.286. The van der Waals surface area contributed by atoms with Crippen LogP contribution in [-0.2, 0) is 15.0 Å². The van der Waals surface area contributed by atoms with E-state index in [2.05, 4.69) is 15.5 Å². The predicted octanol–water partition coefficient (Wildman–Crippen LogP) is 2.65. The van der Waals surface area contributed by atoms with Crippen LogP contribution < -0.4 is 5.32 Å². The number of anilines is 1. The number of rotatable bonds is 1. The zero-order valence-corrected chi connectivity index (χ0v) is 11.0. The van der Waals surface area contributed by atoms with Crippen LogP contribution in [-0.4, -0.2) is 11.8 Å². The van der Waals surface area contributed by atoms with Crippen LogP contribution in [0.1, 0.15) is 31.0 Å². The molecule has 0 spiro atoms. The summed E-state index contributed by atoms with van der Waals surface area (Å²) in [4.78, 5) is 22.8. The van der Waals surface area contributed by atoms with Gasteiger partial charge in [0.15, 0.2) is 0 Å². The Morgan fingerprint density at radius 1 is 1.30 bits per heavy atom. The van der Waals surface area contributed by atoms with E-state index in [0.29, 0.717) is 11.1 Å². The molecule has 102 valence electrons. The van der Waals surface area contributed by atoms with Gasteiger partial charge >= 0.3 is 0 Å². The average Bonchev–Trinajstić information content (AvgIpc) is 2.63. The molecule has 0 aliphatic carbocycles. The fourth-order valence-corrected chi connectivity index (χ4v) is 2.35. The summed E-state index contributed by atoms with van der Waals surface area (Å²) < 4.78 is 14.1. The summed E-state index contributed by atoms with van der Waals surface area (Å²) in [7, 11) is 0. The highest BCUT2D eigenvalue weighted by Gasteiger charge is 2.40. The van der Waals surface area contributed by atoms with Gasteiger partial charge in [-0.25, -0.2) is 4.39 Å². The van der Waals surface area contributed by atoms with Gasteiger partial charge in [-0.1, -0.05) is 0 Å². The number of hydrogen-bond donors (Lipinski definition) is 1. The minimum Gasteiger partial charge on any atom is -0.323 e. The number of hydrogen-bond acceptors (Lipinski definition) is 3. The largest absolute Gasteiger partial charge is 0.323 e. The molecule has 1 aromatic carbocycles. The van der Waals surface area contributed by atoms with Gasteiger partial charge in [0.25, 0.3) is 5.91 Å². The van der Waals surface area contributed by atoms with Crippen LogP contribution in [0, 0.1) is 5.82 Å². The summed E-state index contributed by atoms with van der Waals surface area (Å²) in [5.74, 6) is -1.17. The van der Waals surface area contributed by atoms with Crippen molar-refractivity contribution in [2.24, 2.45) is 10.2 Å². The Morgan fingerprint density at radius 3 is 2.70 bits per heavy atom. The summed E-state index contributed by atoms with van der Waals surface area (Å²) in [6.45, 7) is 3.47. The minimum atomic E-state index is -0.794. The second-order valence-corrected chi connectivity index (χ2v) is 5.36. The molecule has 1 unspecified atom stereocenters. The van der Waals surface area contributed by atoms with Crippen molar-refractivity contribution in [3.05, 3.63) is 41.2 Å². The SMILES string of the molecule is CC1(C)C(=O)Nc2c(F)cc(C3C=CC(=O)N=N3)cc21. The third-order valence-corrected chi connectivity index (χ3v) is 3.64. The molecule has 0 bridgehead atoms. The summed E-state index contributed by atoms with van der Waals surface area (Å²) in [6.07, 6.45) is 2.87. The molecule has 2 aliphatic rings. The highest BCUT2D eigenvalue weighted by atomic mass is 19.1. The Bertz CT molecular complexity index is 676. The van der Waals surface area contributed by atoms with E-state index in [1.54, 1.807) is 26.0 Å². The molecule has 0 radical (unpaired) electrons. The normalized spacial score (nSPS) is 22.9. The van der Waals surface area contributed by atoms with Crippen molar-refractivity contribution in [3.63, 3.8) is 0 Å². The van der Waals surface area contributed by atoms with Gasteiger partial charge in [0.05, 0.1) is 11.1 Å².